The first kappa shape index (κ1) is 21.6. The van der Waals surface area contributed by atoms with Gasteiger partial charge in [-0.15, -0.1) is 0 Å². The first-order chi connectivity index (χ1) is 9.67. The first-order valence-electron chi connectivity index (χ1n) is 7.21. The topological polar surface area (TPSA) is 74.0 Å². The highest BCUT2D eigenvalue weighted by molar-refractivity contribution is 5.77. The Hall–Kier alpha value is -0.690. The summed E-state index contributed by atoms with van der Waals surface area (Å²) in [7, 11) is 3.30. The van der Waals surface area contributed by atoms with Crippen molar-refractivity contribution in [3.63, 3.8) is 0 Å². The Kier molecular flexibility index (Phi) is 19.8. The molecule has 20 heavy (non-hydrogen) atoms. The van der Waals surface area contributed by atoms with E-state index in [1.54, 1.807) is 19.1 Å². The van der Waals surface area contributed by atoms with Gasteiger partial charge in [-0.05, 0) is 13.3 Å². The summed E-state index contributed by atoms with van der Waals surface area (Å²) in [5.74, 6) is 0.0564. The molecule has 0 bridgehead atoms. The number of likely N-dealkylation sites (N-methyl/N-ethyl adjacent to an activating group) is 1. The first-order valence-corrected chi connectivity index (χ1v) is 7.21. The van der Waals surface area contributed by atoms with Gasteiger partial charge in [-0.3, -0.25) is 4.79 Å². The number of carbonyl (C=O) groups excluding carboxylic acids is 1. The maximum atomic E-state index is 11.0. The molecule has 0 saturated carbocycles. The van der Waals surface area contributed by atoms with Gasteiger partial charge in [0.2, 0.25) is 5.91 Å². The van der Waals surface area contributed by atoms with Gasteiger partial charge in [0.1, 0.15) is 0 Å². The number of amides is 1. The van der Waals surface area contributed by atoms with Crippen molar-refractivity contribution in [3.05, 3.63) is 0 Å². The Morgan fingerprint density at radius 2 is 1.60 bits per heavy atom. The fraction of sp³-hybridized carbons (Fsp3) is 0.929. The number of nitrogens with zero attached hydrogens (tertiary/aromatic N) is 1. The molecular weight excluding hydrogens is 260 g/mol. The van der Waals surface area contributed by atoms with E-state index >= 15 is 0 Å². The number of ether oxygens (including phenoxy) is 3. The van der Waals surface area contributed by atoms with Gasteiger partial charge >= 0.3 is 0 Å². The molecule has 6 heteroatoms. The molecule has 0 aromatic heterocycles. The molecule has 1 amide bonds. The smallest absolute Gasteiger partial charge is 0.236 e. The largest absolute Gasteiger partial charge is 0.382 e. The summed E-state index contributed by atoms with van der Waals surface area (Å²) in [4.78, 5) is 12.8. The molecule has 0 atom stereocenters. The van der Waals surface area contributed by atoms with Crippen molar-refractivity contribution in [2.75, 3.05) is 60.3 Å². The molecule has 2 N–H and O–H groups in total. The summed E-state index contributed by atoms with van der Waals surface area (Å²) in [5.41, 5.74) is 5.23. The molecule has 0 spiro atoms. The van der Waals surface area contributed by atoms with Gasteiger partial charge in [0.25, 0.3) is 0 Å². The molecule has 0 aliphatic rings. The molecule has 6 nitrogen and oxygen atoms in total. The molecule has 122 valence electrons. The number of nitrogens with two attached hydrogens (primary N) is 1. The van der Waals surface area contributed by atoms with Gasteiger partial charge in [-0.1, -0.05) is 13.3 Å². The second-order valence-corrected chi connectivity index (χ2v) is 4.13. The normalized spacial score (nSPS) is 9.85. The second kappa shape index (κ2) is 18.3. The Morgan fingerprint density at radius 3 is 1.95 bits per heavy atom. The minimum absolute atomic E-state index is 0.0564. The van der Waals surface area contributed by atoms with Gasteiger partial charge in [-0.2, -0.15) is 0 Å². The third-order valence-electron chi connectivity index (χ3n) is 2.55. The summed E-state index contributed by atoms with van der Waals surface area (Å²) in [6.07, 6.45) is 2.19. The zero-order valence-electron chi connectivity index (χ0n) is 13.5. The van der Waals surface area contributed by atoms with E-state index in [1.807, 2.05) is 6.92 Å². The van der Waals surface area contributed by atoms with Crippen molar-refractivity contribution in [1.29, 1.82) is 0 Å². The molecular formula is C14H32N2O4. The van der Waals surface area contributed by atoms with E-state index in [-0.39, 0.29) is 12.5 Å². The second-order valence-electron chi connectivity index (χ2n) is 4.13. The third-order valence-corrected chi connectivity index (χ3v) is 2.55. The number of hydrogen-bond donors (Lipinski definition) is 1. The highest BCUT2D eigenvalue weighted by atomic mass is 16.5. The van der Waals surface area contributed by atoms with Crippen molar-refractivity contribution in [3.8, 4) is 0 Å². The summed E-state index contributed by atoms with van der Waals surface area (Å²) in [5, 5.41) is 0. The fourth-order valence-corrected chi connectivity index (χ4v) is 1.32. The van der Waals surface area contributed by atoms with Crippen molar-refractivity contribution in [1.82, 2.24) is 4.90 Å². The van der Waals surface area contributed by atoms with Crippen LogP contribution < -0.4 is 5.73 Å². The zero-order chi connectivity index (χ0) is 15.6. The van der Waals surface area contributed by atoms with Crippen LogP contribution in [0.4, 0.5) is 0 Å². The van der Waals surface area contributed by atoms with E-state index < -0.39 is 0 Å². The molecule has 0 unspecified atom stereocenters. The van der Waals surface area contributed by atoms with Gasteiger partial charge < -0.3 is 24.8 Å². The van der Waals surface area contributed by atoms with Crippen molar-refractivity contribution in [2.45, 2.75) is 26.7 Å². The molecule has 0 aromatic carbocycles. The summed E-state index contributed by atoms with van der Waals surface area (Å²) >= 11 is 0. The fourth-order valence-electron chi connectivity index (χ4n) is 1.32. The number of rotatable bonds is 11. The summed E-state index contributed by atoms with van der Waals surface area (Å²) in [6, 6.07) is 0. The molecule has 0 aromatic rings. The van der Waals surface area contributed by atoms with E-state index in [0.717, 1.165) is 25.9 Å². The van der Waals surface area contributed by atoms with Gasteiger partial charge in [0.15, 0.2) is 0 Å². The zero-order valence-corrected chi connectivity index (χ0v) is 13.5. The summed E-state index contributed by atoms with van der Waals surface area (Å²) in [6.45, 7) is 8.47. The van der Waals surface area contributed by atoms with Crippen LogP contribution in [0.5, 0.6) is 0 Å². The third kappa shape index (κ3) is 15.4. The standard InChI is InChI=1S/C8H18N2O.C6H14O3/c1-3-5-6-10(4-2)8(11)7-9;1-7-3-5-9-6-4-8-2/h3-7,9H2,1-2H3;3-6H2,1-2H3. The lowest BCUT2D eigenvalue weighted by atomic mass is 10.3. The van der Waals surface area contributed by atoms with Crippen LogP contribution >= 0.6 is 0 Å². The Balaban J connectivity index is 0. The van der Waals surface area contributed by atoms with Gasteiger partial charge in [0.05, 0.1) is 33.0 Å². The number of hydrogen-bond acceptors (Lipinski definition) is 5. The molecule has 0 heterocycles. The minimum Gasteiger partial charge on any atom is -0.382 e. The highest BCUT2D eigenvalue weighted by Gasteiger charge is 2.06. The highest BCUT2D eigenvalue weighted by Crippen LogP contribution is 1.94. The molecule has 0 rings (SSSR count). The summed E-state index contributed by atoms with van der Waals surface area (Å²) < 4.78 is 14.6. The minimum atomic E-state index is 0.0564. The quantitative estimate of drug-likeness (QED) is 0.572. The Morgan fingerprint density at radius 1 is 1.05 bits per heavy atom. The van der Waals surface area contributed by atoms with Crippen LogP contribution in [0.15, 0.2) is 0 Å². The number of methoxy groups -OCH3 is 2. The van der Waals surface area contributed by atoms with E-state index in [9.17, 15) is 4.79 Å². The molecule has 0 fully saturated rings. The van der Waals surface area contributed by atoms with Crippen LogP contribution in [0, 0.1) is 0 Å². The van der Waals surface area contributed by atoms with Crippen molar-refractivity contribution < 1.29 is 19.0 Å². The predicted octanol–water partition coefficient (Wildman–Crippen LogP) is 0.890. The lowest BCUT2D eigenvalue weighted by Gasteiger charge is -2.19. The maximum Gasteiger partial charge on any atom is 0.236 e. The van der Waals surface area contributed by atoms with Gasteiger partial charge in [-0.25, -0.2) is 0 Å². The van der Waals surface area contributed by atoms with Crippen molar-refractivity contribution >= 4 is 5.91 Å². The van der Waals surface area contributed by atoms with Crippen molar-refractivity contribution in [2.24, 2.45) is 5.73 Å². The van der Waals surface area contributed by atoms with Crippen LogP contribution in [0.25, 0.3) is 0 Å². The number of unbranched alkanes of at least 4 members (excludes halogenated alkanes) is 1. The van der Waals surface area contributed by atoms with Crippen LogP contribution in [0.3, 0.4) is 0 Å². The molecule has 0 aliphatic heterocycles. The van der Waals surface area contributed by atoms with E-state index in [2.05, 4.69) is 6.92 Å². The van der Waals surface area contributed by atoms with E-state index in [1.165, 1.54) is 0 Å². The monoisotopic (exact) mass is 292 g/mol. The molecule has 0 radical (unpaired) electrons. The van der Waals surface area contributed by atoms with Crippen LogP contribution in [-0.4, -0.2) is 71.1 Å². The molecule has 0 saturated heterocycles. The Labute approximate surface area is 123 Å². The van der Waals surface area contributed by atoms with Crippen LogP contribution in [0.2, 0.25) is 0 Å². The van der Waals surface area contributed by atoms with Gasteiger partial charge in [0, 0.05) is 27.3 Å². The SMILES string of the molecule is CCCCN(CC)C(=O)CN.COCCOCCOC. The Bertz CT molecular complexity index is 198. The lowest BCUT2D eigenvalue weighted by molar-refractivity contribution is -0.129. The lowest BCUT2D eigenvalue weighted by Crippen LogP contribution is -2.36. The predicted molar refractivity (Wildman–Crippen MR) is 80.8 cm³/mol. The molecule has 0 aliphatic carbocycles. The average Bonchev–Trinajstić information content (AvgIpc) is 2.48. The average molecular weight is 292 g/mol. The van der Waals surface area contributed by atoms with E-state index in [0.29, 0.717) is 26.4 Å². The maximum absolute atomic E-state index is 11.0. The van der Waals surface area contributed by atoms with Crippen LogP contribution in [0.1, 0.15) is 26.7 Å². The van der Waals surface area contributed by atoms with Crippen LogP contribution in [-0.2, 0) is 19.0 Å². The number of carbonyl (C=O) groups is 1. The van der Waals surface area contributed by atoms with E-state index in [4.69, 9.17) is 19.9 Å².